The van der Waals surface area contributed by atoms with E-state index in [0.29, 0.717) is 68.2 Å². The lowest BCUT2D eigenvalue weighted by Crippen LogP contribution is -2.47. The summed E-state index contributed by atoms with van der Waals surface area (Å²) in [6.45, 7) is 17.4. The summed E-state index contributed by atoms with van der Waals surface area (Å²) < 4.78 is 28.0. The van der Waals surface area contributed by atoms with Crippen molar-refractivity contribution in [2.75, 3.05) is 123 Å². The average molecular weight is 1500 g/mol. The van der Waals surface area contributed by atoms with Crippen LogP contribution >= 0.6 is 34.8 Å². The van der Waals surface area contributed by atoms with Gasteiger partial charge in [-0.25, -0.2) is 15.0 Å². The number of likely N-dealkylation sites (N-methyl/N-ethyl adjacent to an activating group) is 1. The molecular weight excluding hydrogens is 1410 g/mol. The maximum atomic E-state index is 12.8. The molecule has 25 heteroatoms. The third-order valence-corrected chi connectivity index (χ3v) is 19.8. The number of piperazine rings is 1. The third-order valence-electron chi connectivity index (χ3n) is 18.9. The first-order chi connectivity index (χ1) is 51.6. The normalized spacial score (nSPS) is 13.8. The van der Waals surface area contributed by atoms with E-state index in [1.165, 1.54) is 51.9 Å². The van der Waals surface area contributed by atoms with E-state index in [0.717, 1.165) is 152 Å². The number of ether oxygens (including phenoxy) is 5. The van der Waals surface area contributed by atoms with Gasteiger partial charge in [0.2, 0.25) is 17.8 Å². The van der Waals surface area contributed by atoms with E-state index >= 15 is 0 Å². The molecule has 0 unspecified atom stereocenters. The summed E-state index contributed by atoms with van der Waals surface area (Å²) in [5, 5.41) is 37.6. The maximum absolute atomic E-state index is 12.8. The second kappa shape index (κ2) is 35.7. The minimum Gasteiger partial charge on any atom is -0.497 e. The van der Waals surface area contributed by atoms with Crippen LogP contribution in [0.2, 0.25) is 15.1 Å². The van der Waals surface area contributed by atoms with Crippen LogP contribution in [0.5, 0.6) is 28.7 Å². The number of aryl methyl sites for hydroxylation is 3. The zero-order valence-electron chi connectivity index (χ0n) is 60.3. The lowest BCUT2D eigenvalue weighted by molar-refractivity contribution is 0.0664. The maximum Gasteiger partial charge on any atom is 0.253 e. The van der Waals surface area contributed by atoms with E-state index in [2.05, 4.69) is 85.4 Å². The van der Waals surface area contributed by atoms with Gasteiger partial charge in [0, 0.05) is 93.7 Å². The van der Waals surface area contributed by atoms with E-state index in [1.807, 2.05) is 177 Å². The van der Waals surface area contributed by atoms with Crippen LogP contribution in [0, 0.1) is 20.8 Å². The van der Waals surface area contributed by atoms with Gasteiger partial charge < -0.3 is 49.4 Å². The lowest BCUT2D eigenvalue weighted by Gasteiger charge is -2.32. The number of rotatable bonds is 21. The van der Waals surface area contributed by atoms with Gasteiger partial charge in [-0.2, -0.15) is 0 Å². The van der Waals surface area contributed by atoms with Gasteiger partial charge in [0.25, 0.3) is 5.91 Å². The molecule has 12 aromatic rings. The highest BCUT2D eigenvalue weighted by atomic mass is 35.5. The first kappa shape index (κ1) is 76.1. The van der Waals surface area contributed by atoms with Crippen molar-refractivity contribution in [2.24, 2.45) is 0 Å². The van der Waals surface area contributed by atoms with Gasteiger partial charge in [0.1, 0.15) is 58.5 Å². The summed E-state index contributed by atoms with van der Waals surface area (Å²) in [5.41, 5.74) is 16.0. The van der Waals surface area contributed by atoms with E-state index in [4.69, 9.17) is 68.5 Å². The van der Waals surface area contributed by atoms with Crippen LogP contribution < -0.4 is 39.6 Å². The third kappa shape index (κ3) is 19.4. The number of carbonyl (C=O) groups is 1. The summed E-state index contributed by atoms with van der Waals surface area (Å²) in [6.07, 6.45) is 5.18. The molecule has 9 aromatic carbocycles. The monoisotopic (exact) mass is 1500 g/mol. The fraction of sp³-hybridized carbons (Fsp3) is 0.293. The van der Waals surface area contributed by atoms with Crippen molar-refractivity contribution in [2.45, 2.75) is 53.9 Å². The van der Waals surface area contributed by atoms with Crippen LogP contribution in [0.15, 0.2) is 164 Å². The predicted octanol–water partition coefficient (Wildman–Crippen LogP) is 17.2. The molecule has 0 bridgehead atoms. The first-order valence-corrected chi connectivity index (χ1v) is 36.5. The molecule has 107 heavy (non-hydrogen) atoms. The van der Waals surface area contributed by atoms with Crippen molar-refractivity contribution in [1.29, 1.82) is 0 Å². The number of nitrogens with zero attached hydrogens (tertiary/aromatic N) is 13. The number of fused-ring (bicyclic) bond motifs is 3. The van der Waals surface area contributed by atoms with Crippen molar-refractivity contribution in [1.82, 2.24) is 65.1 Å². The Morgan fingerprint density at radius 2 is 0.879 bits per heavy atom. The van der Waals surface area contributed by atoms with Gasteiger partial charge in [-0.1, -0.05) is 42.2 Å². The minimum absolute atomic E-state index is 0. The van der Waals surface area contributed by atoms with Crippen LogP contribution in [0.1, 0.15) is 60.2 Å². The number of hydrogen-bond acceptors (Lipinski definition) is 21. The number of halogens is 3. The number of nitrogens with one attached hydrogen (secondary N) is 3. The molecule has 0 aliphatic carbocycles. The summed E-state index contributed by atoms with van der Waals surface area (Å²) in [6, 6.07) is 51.6. The Morgan fingerprint density at radius 1 is 0.421 bits per heavy atom. The van der Waals surface area contributed by atoms with Crippen molar-refractivity contribution in [3.05, 3.63) is 201 Å². The number of likely N-dealkylation sites (tertiary alicyclic amines) is 2. The Morgan fingerprint density at radius 3 is 1.38 bits per heavy atom. The molecule has 1 amide bonds. The molecule has 22 nitrogen and oxygen atoms in total. The molecule has 0 saturated carbocycles. The summed E-state index contributed by atoms with van der Waals surface area (Å²) in [5.74, 6) is 5.25. The van der Waals surface area contributed by atoms with Crippen LogP contribution in [0.3, 0.4) is 0 Å². The molecule has 0 atom stereocenters. The number of aromatic nitrogens is 9. The molecule has 6 heterocycles. The molecule has 0 spiro atoms. The molecule has 3 aliphatic heterocycles. The second-order valence-electron chi connectivity index (χ2n) is 26.3. The molecule has 552 valence electrons. The quantitative estimate of drug-likeness (QED) is 0.0607. The van der Waals surface area contributed by atoms with Crippen molar-refractivity contribution >= 4 is 109 Å². The standard InChI is InChI=1S/C27H27ClN6O2.2C27H28ClN5O2.CH4/c1-17-14-24-25(16-21(17)22-15-20(36-3)8-9-23(22)28)31-32-27(30-24)29-19-6-4-18(5-7-19)26(35)34-12-10-33(2)11-13-34;1-18-15-19(23-17-20(28)5-10-25(23)34-2)16-24-26(18)30-27(32-31-24)29-21-6-8-22(9-7-21)35-14-13-33-11-3-4-12-33;1-18-15-19(23-17-22(34-2)9-10-24(23)28)16-25-26(18)30-27(32-31-25)29-20-5-7-21(8-6-20)35-14-13-33-11-3-4-12-33;/h4-9,14-16H,10-13H2,1-3H3,(H,29,30,32);2*5-10,15-17H,3-4,11-14H2,1-2H3,(H,29,30,32);1H4. The van der Waals surface area contributed by atoms with Crippen molar-refractivity contribution in [3.8, 4) is 62.1 Å². The Bertz CT molecular complexity index is 5060. The number of anilines is 6. The fourth-order valence-corrected chi connectivity index (χ4v) is 13.6. The number of methoxy groups -OCH3 is 3. The Hall–Kier alpha value is -10.6. The largest absolute Gasteiger partial charge is 0.497 e. The molecule has 3 aliphatic rings. The Kier molecular flexibility index (Phi) is 25.4. The highest BCUT2D eigenvalue weighted by Crippen LogP contribution is 2.39. The zero-order chi connectivity index (χ0) is 73.6. The Balaban J connectivity index is 0.000000149. The minimum atomic E-state index is 0. The van der Waals surface area contributed by atoms with Crippen molar-refractivity contribution < 1.29 is 28.5 Å². The number of benzene rings is 9. The van der Waals surface area contributed by atoms with Gasteiger partial charge in [-0.3, -0.25) is 14.6 Å². The Labute approximate surface area is 638 Å². The van der Waals surface area contributed by atoms with Crippen LogP contribution in [0.25, 0.3) is 66.5 Å². The van der Waals surface area contributed by atoms with Gasteiger partial charge in [-0.15, -0.1) is 30.6 Å². The zero-order valence-corrected chi connectivity index (χ0v) is 62.6. The molecule has 3 N–H and O–H groups in total. The summed E-state index contributed by atoms with van der Waals surface area (Å²) in [4.78, 5) is 35.8. The van der Waals surface area contributed by atoms with E-state index in [9.17, 15) is 4.79 Å². The SMILES string of the molecule is C.COc1ccc(Cl)c(-c2cc(C)c3nc(Nc4ccc(OCCN5CCCC5)cc4)nnc3c2)c1.COc1ccc(Cl)c(-c2cc3nnc(Nc4ccc(C(=O)N5CCN(C)CC5)cc4)nc3cc2C)c1.COc1ccc(Cl)cc1-c1cc(C)c2nc(Nc3ccc(OCCN4CCCC4)cc3)nnc2c1. The second-order valence-corrected chi connectivity index (χ2v) is 27.6. The van der Waals surface area contributed by atoms with Crippen LogP contribution in [-0.2, 0) is 0 Å². The molecule has 3 fully saturated rings. The van der Waals surface area contributed by atoms with Gasteiger partial charge in [0.15, 0.2) is 0 Å². The van der Waals surface area contributed by atoms with Crippen LogP contribution in [-0.4, -0.2) is 178 Å². The first-order valence-electron chi connectivity index (χ1n) is 35.4. The molecule has 3 saturated heterocycles. The highest BCUT2D eigenvalue weighted by molar-refractivity contribution is 6.34. The van der Waals surface area contributed by atoms with Gasteiger partial charge >= 0.3 is 0 Å². The van der Waals surface area contributed by atoms with Gasteiger partial charge in [0.05, 0.1) is 37.9 Å². The topological polar surface area (TPSA) is 228 Å². The van der Waals surface area contributed by atoms with Crippen LogP contribution in [0.4, 0.5) is 34.9 Å². The molecular formula is C82H87Cl3N16O6. The summed E-state index contributed by atoms with van der Waals surface area (Å²) in [7, 11) is 6.98. The lowest BCUT2D eigenvalue weighted by atomic mass is 9.99. The molecule has 3 aromatic heterocycles. The van der Waals surface area contributed by atoms with Gasteiger partial charge in [-0.05, 0) is 277 Å². The van der Waals surface area contributed by atoms with E-state index in [-0.39, 0.29) is 13.3 Å². The smallest absolute Gasteiger partial charge is 0.253 e. The molecule has 0 radical (unpaired) electrons. The van der Waals surface area contributed by atoms with E-state index < -0.39 is 0 Å². The van der Waals surface area contributed by atoms with E-state index in [1.54, 1.807) is 21.3 Å². The summed E-state index contributed by atoms with van der Waals surface area (Å²) >= 11 is 19.1. The molecule has 15 rings (SSSR count). The van der Waals surface area contributed by atoms with Crippen molar-refractivity contribution in [3.63, 3.8) is 0 Å². The predicted molar refractivity (Wildman–Crippen MR) is 429 cm³/mol. The highest BCUT2D eigenvalue weighted by Gasteiger charge is 2.22. The number of carbonyl (C=O) groups excluding carboxylic acids is 1. The average Bonchev–Trinajstić information content (AvgIpc) is 1.14. The number of amides is 1. The number of hydrogen-bond donors (Lipinski definition) is 3. The fourth-order valence-electron chi connectivity index (χ4n) is 13.0.